The fourth-order valence-corrected chi connectivity index (χ4v) is 11.7. The van der Waals surface area contributed by atoms with E-state index in [1.807, 2.05) is 42.6 Å². The van der Waals surface area contributed by atoms with Gasteiger partial charge in [0.2, 0.25) is 5.43 Å². The zero-order valence-corrected chi connectivity index (χ0v) is 28.4. The molecular formula is C34H44BrNO6Si. The fraction of sp³-hybridized carbons (Fsp3) is 0.500. The van der Waals surface area contributed by atoms with Gasteiger partial charge in [0.25, 0.3) is 8.32 Å². The molecule has 7 nitrogen and oxygen atoms in total. The lowest BCUT2D eigenvalue weighted by molar-refractivity contribution is -0.200. The predicted molar refractivity (Wildman–Crippen MR) is 175 cm³/mol. The lowest BCUT2D eigenvalue weighted by atomic mass is 9.67. The van der Waals surface area contributed by atoms with Crippen LogP contribution in [0.4, 0.5) is 0 Å². The molecule has 0 spiro atoms. The molecule has 1 aromatic heterocycles. The second-order valence-corrected chi connectivity index (χ2v) is 17.6. The zero-order chi connectivity index (χ0) is 30.8. The summed E-state index contributed by atoms with van der Waals surface area (Å²) in [5, 5.41) is 1.64. The Balaban J connectivity index is 1.52. The minimum absolute atomic E-state index is 0.0369. The van der Waals surface area contributed by atoms with Crippen LogP contribution < -0.4 is 20.5 Å². The van der Waals surface area contributed by atoms with Gasteiger partial charge in [-0.15, -0.1) is 0 Å². The van der Waals surface area contributed by atoms with Crippen LogP contribution in [0, 0.1) is 5.41 Å². The summed E-state index contributed by atoms with van der Waals surface area (Å²) in [6, 6.07) is 20.3. The van der Waals surface area contributed by atoms with Crippen molar-refractivity contribution < 1.29 is 23.7 Å². The minimum Gasteiger partial charge on any atom is -0.491 e. The van der Waals surface area contributed by atoms with Crippen molar-refractivity contribution >= 4 is 34.6 Å². The van der Waals surface area contributed by atoms with Crippen LogP contribution in [0.1, 0.15) is 70.7 Å². The number of methoxy groups -OCH3 is 2. The van der Waals surface area contributed by atoms with E-state index in [1.165, 1.54) is 0 Å². The number of nitrogens with zero attached hydrogens (tertiary/aromatic N) is 1. The maximum Gasteiger partial charge on any atom is 0.258 e. The summed E-state index contributed by atoms with van der Waals surface area (Å²) in [6.45, 7) is 7.39. The van der Waals surface area contributed by atoms with Gasteiger partial charge in [-0.2, -0.15) is 0 Å². The first kappa shape index (κ1) is 32.1. The maximum absolute atomic E-state index is 13.3. The van der Waals surface area contributed by atoms with Gasteiger partial charge in [0.15, 0.2) is 5.75 Å². The summed E-state index contributed by atoms with van der Waals surface area (Å²) >= 11 is 3.46. The molecule has 0 radical (unpaired) electrons. The molecule has 43 heavy (non-hydrogen) atoms. The quantitative estimate of drug-likeness (QED) is 0.208. The number of pyridine rings is 1. The van der Waals surface area contributed by atoms with Crippen molar-refractivity contribution in [2.24, 2.45) is 5.41 Å². The Hall–Kier alpha value is -2.27. The molecule has 4 unspecified atom stereocenters. The smallest absolute Gasteiger partial charge is 0.258 e. The Morgan fingerprint density at radius 1 is 1.09 bits per heavy atom. The highest BCUT2D eigenvalue weighted by Crippen LogP contribution is 2.56. The third-order valence-electron chi connectivity index (χ3n) is 9.77. The number of fused-ring (bicyclic) bond motifs is 3. The van der Waals surface area contributed by atoms with Crippen LogP contribution in [0.2, 0.25) is 5.04 Å². The van der Waals surface area contributed by atoms with Crippen molar-refractivity contribution in [2.75, 3.05) is 27.6 Å². The van der Waals surface area contributed by atoms with E-state index in [0.717, 1.165) is 48.2 Å². The van der Waals surface area contributed by atoms with Crippen LogP contribution in [0.25, 0.3) is 0 Å². The highest BCUT2D eigenvalue weighted by Gasteiger charge is 2.55. The standard InChI is InChI=1S/C34H44BrNO6Si/c1-33(2,43(38,24-14-8-6-9-15-24)25-16-10-7-11-17-25)19-13-20-34(3)31-27(18-12-21-41-31)36-22-26(35)29(37)30(40-5)28(36)32(34)42-23-39-4/h6-11,14-17,22,27,31-32,38H,12-13,18-21,23H2,1-5H3. The first-order valence-corrected chi connectivity index (χ1v) is 17.9. The predicted octanol–water partition coefficient (Wildman–Crippen LogP) is 5.72. The van der Waals surface area contributed by atoms with E-state index in [2.05, 4.69) is 65.5 Å². The molecule has 1 fully saturated rings. The highest BCUT2D eigenvalue weighted by atomic mass is 79.9. The third kappa shape index (κ3) is 5.69. The molecule has 5 rings (SSSR count). The molecule has 0 saturated carbocycles. The van der Waals surface area contributed by atoms with Crippen molar-refractivity contribution in [1.82, 2.24) is 4.57 Å². The van der Waals surface area contributed by atoms with E-state index in [9.17, 15) is 9.59 Å². The SMILES string of the molecule is COCOC1c2c(OC)c(=O)c(Br)cn2C2CCCOC2C1(C)CCCC(C)(C)[Si](O)(c1ccccc1)c1ccccc1. The van der Waals surface area contributed by atoms with E-state index in [4.69, 9.17) is 18.9 Å². The highest BCUT2D eigenvalue weighted by molar-refractivity contribution is 9.10. The average molecular weight is 671 g/mol. The summed E-state index contributed by atoms with van der Waals surface area (Å²) < 4.78 is 26.8. The van der Waals surface area contributed by atoms with Crippen LogP contribution in [0.15, 0.2) is 76.1 Å². The summed E-state index contributed by atoms with van der Waals surface area (Å²) in [4.78, 5) is 26.0. The van der Waals surface area contributed by atoms with Gasteiger partial charge in [-0.25, -0.2) is 0 Å². The molecule has 3 aromatic rings. The van der Waals surface area contributed by atoms with E-state index < -0.39 is 19.8 Å². The van der Waals surface area contributed by atoms with Gasteiger partial charge < -0.3 is 28.3 Å². The number of ether oxygens (including phenoxy) is 4. The monoisotopic (exact) mass is 669 g/mol. The van der Waals surface area contributed by atoms with Gasteiger partial charge >= 0.3 is 0 Å². The Kier molecular flexibility index (Phi) is 9.71. The molecule has 3 heterocycles. The first-order chi connectivity index (χ1) is 20.6. The molecule has 2 aromatic carbocycles. The molecule has 4 atom stereocenters. The van der Waals surface area contributed by atoms with Crippen LogP contribution in [0.3, 0.4) is 0 Å². The number of halogens is 1. The fourth-order valence-electron chi connectivity index (χ4n) is 7.54. The normalized spacial score (nSPS) is 23.8. The Morgan fingerprint density at radius 2 is 1.72 bits per heavy atom. The summed E-state index contributed by atoms with van der Waals surface area (Å²) in [5.41, 5.74) is 0.0628. The van der Waals surface area contributed by atoms with Crippen LogP contribution in [0.5, 0.6) is 5.75 Å². The molecule has 0 amide bonds. The summed E-state index contributed by atoms with van der Waals surface area (Å²) in [6.07, 6.45) is 5.52. The molecule has 1 saturated heterocycles. The number of rotatable bonds is 11. The second-order valence-electron chi connectivity index (χ2n) is 12.8. The maximum atomic E-state index is 13.3. The van der Waals surface area contributed by atoms with Gasteiger partial charge in [0, 0.05) is 25.3 Å². The van der Waals surface area contributed by atoms with E-state index >= 15 is 0 Å². The lowest BCUT2D eigenvalue weighted by Gasteiger charge is -2.54. The number of hydrogen-bond acceptors (Lipinski definition) is 6. The topological polar surface area (TPSA) is 79.2 Å². The Labute approximate surface area is 264 Å². The third-order valence-corrected chi connectivity index (χ3v) is 14.9. The molecule has 232 valence electrons. The van der Waals surface area contributed by atoms with Crippen molar-refractivity contribution in [1.29, 1.82) is 0 Å². The van der Waals surface area contributed by atoms with Crippen molar-refractivity contribution in [3.63, 3.8) is 0 Å². The molecule has 1 N–H and O–H groups in total. The van der Waals surface area contributed by atoms with Gasteiger partial charge in [0.05, 0.1) is 29.4 Å². The van der Waals surface area contributed by atoms with Gasteiger partial charge in [-0.05, 0) is 57.0 Å². The van der Waals surface area contributed by atoms with E-state index in [1.54, 1.807) is 14.2 Å². The van der Waals surface area contributed by atoms with Crippen LogP contribution in [-0.4, -0.2) is 51.4 Å². The van der Waals surface area contributed by atoms with E-state index in [-0.39, 0.29) is 29.4 Å². The molecule has 2 aliphatic rings. The van der Waals surface area contributed by atoms with E-state index in [0.29, 0.717) is 16.8 Å². The van der Waals surface area contributed by atoms with Gasteiger partial charge in [-0.3, -0.25) is 4.79 Å². The van der Waals surface area contributed by atoms with Crippen molar-refractivity contribution in [3.8, 4) is 5.75 Å². The second kappa shape index (κ2) is 13.0. The largest absolute Gasteiger partial charge is 0.491 e. The minimum atomic E-state index is -3.15. The summed E-state index contributed by atoms with van der Waals surface area (Å²) in [7, 11) is -0.00683. The van der Waals surface area contributed by atoms with Crippen LogP contribution in [-0.2, 0) is 14.2 Å². The first-order valence-electron chi connectivity index (χ1n) is 15.1. The van der Waals surface area contributed by atoms with Crippen LogP contribution >= 0.6 is 15.9 Å². The van der Waals surface area contributed by atoms with Crippen molar-refractivity contribution in [2.45, 2.75) is 76.2 Å². The molecule has 2 aliphatic heterocycles. The molecular weight excluding hydrogens is 626 g/mol. The number of aromatic nitrogens is 1. The van der Waals surface area contributed by atoms with Gasteiger partial charge in [-0.1, -0.05) is 87.9 Å². The Morgan fingerprint density at radius 3 is 2.30 bits per heavy atom. The summed E-state index contributed by atoms with van der Waals surface area (Å²) in [5.74, 6) is 0.293. The van der Waals surface area contributed by atoms with Crippen molar-refractivity contribution in [3.05, 3.63) is 87.3 Å². The number of hydrogen-bond donors (Lipinski definition) is 1. The zero-order valence-electron chi connectivity index (χ0n) is 25.8. The van der Waals surface area contributed by atoms with Gasteiger partial charge in [0.1, 0.15) is 12.9 Å². The molecule has 0 aliphatic carbocycles. The molecule has 0 bridgehead atoms. The molecule has 9 heteroatoms. The number of benzene rings is 2. The Bertz CT molecular complexity index is 1410. The average Bonchev–Trinajstić information content (AvgIpc) is 3.02. The lowest BCUT2D eigenvalue weighted by Crippen LogP contribution is -2.65.